The average molecular weight is 625 g/mol. The molecule has 0 aromatic heterocycles. The van der Waals surface area contributed by atoms with E-state index in [4.69, 9.17) is 34.8 Å². The Kier molecular flexibility index (Phi) is 11.3. The highest BCUT2D eigenvalue weighted by molar-refractivity contribution is 7.92. The maximum atomic E-state index is 14.1. The van der Waals surface area contributed by atoms with Crippen LogP contribution in [0.25, 0.3) is 0 Å². The van der Waals surface area contributed by atoms with Crippen molar-refractivity contribution in [1.29, 1.82) is 0 Å². The summed E-state index contributed by atoms with van der Waals surface area (Å²) in [5, 5.41) is 4.00. The normalized spacial score (nSPS) is 12.8. The summed E-state index contributed by atoms with van der Waals surface area (Å²) in [6, 6.07) is 17.9. The van der Waals surface area contributed by atoms with Crippen LogP contribution < -0.4 is 9.62 Å². The van der Waals surface area contributed by atoms with Crippen LogP contribution in [-0.4, -0.2) is 43.8 Å². The Bertz CT molecular complexity index is 1400. The standard InChI is InChI=1S/C29H32Cl3N3O4S/c1-4-20(3)33-29(37)27(5-2)34(18-24-25(31)12-9-13-26(24)32)28(36)19-35(22-16-14-21(30)15-17-22)40(38,39)23-10-7-6-8-11-23/h6-17,20,27H,4-5,18-19H2,1-3H3,(H,33,37)/t20-,27-/m1/s1. The first kappa shape index (κ1) is 31.7. The van der Waals surface area contributed by atoms with E-state index in [2.05, 4.69) is 5.32 Å². The molecule has 0 fully saturated rings. The minimum absolute atomic E-state index is 0.0139. The minimum Gasteiger partial charge on any atom is -0.352 e. The molecule has 214 valence electrons. The van der Waals surface area contributed by atoms with Crippen molar-refractivity contribution >= 4 is 62.3 Å². The number of sulfonamides is 1. The first-order valence-electron chi connectivity index (χ1n) is 12.9. The molecule has 3 rings (SSSR count). The van der Waals surface area contributed by atoms with E-state index in [1.54, 1.807) is 55.5 Å². The Morgan fingerprint density at radius 2 is 1.45 bits per heavy atom. The molecule has 11 heteroatoms. The molecule has 0 spiro atoms. The second-order valence-corrected chi connectivity index (χ2v) is 12.4. The number of nitrogens with one attached hydrogen (secondary N) is 1. The van der Waals surface area contributed by atoms with E-state index in [0.29, 0.717) is 27.1 Å². The molecule has 0 saturated carbocycles. The Balaban J connectivity index is 2.08. The van der Waals surface area contributed by atoms with Crippen molar-refractivity contribution in [2.24, 2.45) is 0 Å². The molecule has 0 aliphatic heterocycles. The average Bonchev–Trinajstić information content (AvgIpc) is 2.93. The highest BCUT2D eigenvalue weighted by Crippen LogP contribution is 2.29. The van der Waals surface area contributed by atoms with E-state index in [9.17, 15) is 18.0 Å². The van der Waals surface area contributed by atoms with Gasteiger partial charge < -0.3 is 10.2 Å². The number of amides is 2. The summed E-state index contributed by atoms with van der Waals surface area (Å²) >= 11 is 18.9. The number of hydrogen-bond donors (Lipinski definition) is 1. The summed E-state index contributed by atoms with van der Waals surface area (Å²) in [5.74, 6) is -0.950. The summed E-state index contributed by atoms with van der Waals surface area (Å²) < 4.78 is 28.6. The molecule has 0 bridgehead atoms. The molecule has 0 aliphatic carbocycles. The van der Waals surface area contributed by atoms with Gasteiger partial charge in [-0.05, 0) is 68.3 Å². The largest absolute Gasteiger partial charge is 0.352 e. The van der Waals surface area contributed by atoms with Crippen molar-refractivity contribution in [2.45, 2.75) is 57.1 Å². The zero-order chi connectivity index (χ0) is 29.4. The number of rotatable bonds is 12. The van der Waals surface area contributed by atoms with Crippen LogP contribution in [0.5, 0.6) is 0 Å². The highest BCUT2D eigenvalue weighted by Gasteiger charge is 2.34. The summed E-state index contributed by atoms with van der Waals surface area (Å²) in [6.45, 7) is 4.93. The molecule has 2 amide bonds. The zero-order valence-corrected chi connectivity index (χ0v) is 25.6. The zero-order valence-electron chi connectivity index (χ0n) is 22.5. The lowest BCUT2D eigenvalue weighted by molar-refractivity contribution is -0.140. The van der Waals surface area contributed by atoms with Gasteiger partial charge in [-0.3, -0.25) is 13.9 Å². The quantitative estimate of drug-likeness (QED) is 0.247. The van der Waals surface area contributed by atoms with Gasteiger partial charge in [0.25, 0.3) is 10.0 Å². The van der Waals surface area contributed by atoms with Gasteiger partial charge in [-0.2, -0.15) is 0 Å². The number of carbonyl (C=O) groups excluding carboxylic acids is 2. The van der Waals surface area contributed by atoms with Crippen molar-refractivity contribution in [3.63, 3.8) is 0 Å². The van der Waals surface area contributed by atoms with Crippen LogP contribution in [0.4, 0.5) is 5.69 Å². The van der Waals surface area contributed by atoms with Crippen LogP contribution in [0.15, 0.2) is 77.7 Å². The van der Waals surface area contributed by atoms with Crippen molar-refractivity contribution in [3.05, 3.63) is 93.4 Å². The molecule has 0 aliphatic rings. The van der Waals surface area contributed by atoms with Crippen molar-refractivity contribution in [2.75, 3.05) is 10.8 Å². The SMILES string of the molecule is CC[C@@H](C)NC(=O)[C@@H](CC)N(Cc1c(Cl)cccc1Cl)C(=O)CN(c1ccc(Cl)cc1)S(=O)(=O)c1ccccc1. The summed E-state index contributed by atoms with van der Waals surface area (Å²) in [5.41, 5.74) is 0.701. The smallest absolute Gasteiger partial charge is 0.264 e. The van der Waals surface area contributed by atoms with Crippen LogP contribution in [0.3, 0.4) is 0 Å². The van der Waals surface area contributed by atoms with Crippen molar-refractivity contribution in [1.82, 2.24) is 10.2 Å². The fraction of sp³-hybridized carbons (Fsp3) is 0.310. The molecule has 0 radical (unpaired) electrons. The van der Waals surface area contributed by atoms with Gasteiger partial charge in [0, 0.05) is 33.2 Å². The molecular formula is C29H32Cl3N3O4S. The lowest BCUT2D eigenvalue weighted by Gasteiger charge is -2.34. The molecule has 2 atom stereocenters. The van der Waals surface area contributed by atoms with Gasteiger partial charge in [0.05, 0.1) is 10.6 Å². The summed E-state index contributed by atoms with van der Waals surface area (Å²) in [7, 11) is -4.17. The Morgan fingerprint density at radius 1 is 0.850 bits per heavy atom. The number of carbonyl (C=O) groups is 2. The number of hydrogen-bond acceptors (Lipinski definition) is 4. The number of halogens is 3. The third kappa shape index (κ3) is 7.69. The molecule has 0 saturated heterocycles. The summed E-state index contributed by atoms with van der Waals surface area (Å²) in [6.07, 6.45) is 0.981. The van der Waals surface area contributed by atoms with Crippen LogP contribution in [0.1, 0.15) is 39.2 Å². The van der Waals surface area contributed by atoms with Crippen molar-refractivity contribution in [3.8, 4) is 0 Å². The van der Waals surface area contributed by atoms with Crippen LogP contribution >= 0.6 is 34.8 Å². The fourth-order valence-electron chi connectivity index (χ4n) is 4.07. The van der Waals surface area contributed by atoms with E-state index in [-0.39, 0.29) is 35.5 Å². The number of anilines is 1. The maximum Gasteiger partial charge on any atom is 0.264 e. The minimum atomic E-state index is -4.17. The van der Waals surface area contributed by atoms with E-state index >= 15 is 0 Å². The monoisotopic (exact) mass is 623 g/mol. The van der Waals surface area contributed by atoms with Gasteiger partial charge in [-0.25, -0.2) is 8.42 Å². The molecule has 1 N–H and O–H groups in total. The van der Waals surface area contributed by atoms with E-state index < -0.39 is 28.5 Å². The van der Waals surface area contributed by atoms with Crippen molar-refractivity contribution < 1.29 is 18.0 Å². The lowest BCUT2D eigenvalue weighted by Crippen LogP contribution is -2.53. The molecular weight excluding hydrogens is 593 g/mol. The first-order valence-corrected chi connectivity index (χ1v) is 15.4. The third-order valence-electron chi connectivity index (χ3n) is 6.50. The van der Waals surface area contributed by atoms with Gasteiger partial charge in [0.1, 0.15) is 12.6 Å². The van der Waals surface area contributed by atoms with E-state index in [0.717, 1.165) is 4.31 Å². The summed E-state index contributed by atoms with van der Waals surface area (Å²) in [4.78, 5) is 28.8. The molecule has 0 heterocycles. The first-order chi connectivity index (χ1) is 19.0. The predicted octanol–water partition coefficient (Wildman–Crippen LogP) is 6.56. The Morgan fingerprint density at radius 3 is 2.00 bits per heavy atom. The maximum absolute atomic E-state index is 14.1. The molecule has 3 aromatic rings. The molecule has 3 aromatic carbocycles. The van der Waals surface area contributed by atoms with E-state index in [1.807, 2.05) is 13.8 Å². The third-order valence-corrected chi connectivity index (χ3v) is 9.25. The molecule has 40 heavy (non-hydrogen) atoms. The predicted molar refractivity (Wildman–Crippen MR) is 161 cm³/mol. The van der Waals surface area contributed by atoms with Crippen LogP contribution in [-0.2, 0) is 26.2 Å². The Hall–Kier alpha value is -2.78. The number of nitrogens with zero attached hydrogens (tertiary/aromatic N) is 2. The van der Waals surface area contributed by atoms with Gasteiger partial charge in [-0.15, -0.1) is 0 Å². The van der Waals surface area contributed by atoms with Crippen LogP contribution in [0.2, 0.25) is 15.1 Å². The molecule has 7 nitrogen and oxygen atoms in total. The Labute approximate surface area is 251 Å². The van der Waals surface area contributed by atoms with Crippen LogP contribution in [0, 0.1) is 0 Å². The molecule has 0 unspecified atom stereocenters. The van der Waals surface area contributed by atoms with Gasteiger partial charge in [0.15, 0.2) is 0 Å². The highest BCUT2D eigenvalue weighted by atomic mass is 35.5. The number of benzene rings is 3. The lowest BCUT2D eigenvalue weighted by atomic mass is 10.1. The topological polar surface area (TPSA) is 86.8 Å². The van der Waals surface area contributed by atoms with Gasteiger partial charge >= 0.3 is 0 Å². The second kappa shape index (κ2) is 14.2. The fourth-order valence-corrected chi connectivity index (χ4v) is 6.15. The van der Waals surface area contributed by atoms with E-state index in [1.165, 1.54) is 29.2 Å². The van der Waals surface area contributed by atoms with Gasteiger partial charge in [0.2, 0.25) is 11.8 Å². The van der Waals surface area contributed by atoms with Gasteiger partial charge in [-0.1, -0.05) is 72.9 Å². The second-order valence-electron chi connectivity index (χ2n) is 9.26.